The molecule has 20 heavy (non-hydrogen) atoms. The van der Waals surface area contributed by atoms with Gasteiger partial charge in [0.1, 0.15) is 5.82 Å². The second-order valence-electron chi connectivity index (χ2n) is 4.17. The Morgan fingerprint density at radius 2 is 1.80 bits per heavy atom. The van der Waals surface area contributed by atoms with E-state index >= 15 is 0 Å². The largest absolute Gasteiger partial charge is 0.493 e. The highest BCUT2D eigenvalue weighted by Crippen LogP contribution is 2.28. The Morgan fingerprint density at radius 3 is 2.45 bits per heavy atom. The molecule has 2 rings (SSSR count). The van der Waals surface area contributed by atoms with Crippen molar-refractivity contribution in [1.29, 1.82) is 0 Å². The van der Waals surface area contributed by atoms with Crippen LogP contribution < -0.4 is 14.8 Å². The summed E-state index contributed by atoms with van der Waals surface area (Å²) in [6.45, 7) is 0.571. The van der Waals surface area contributed by atoms with Gasteiger partial charge in [0.25, 0.3) is 0 Å². The molecule has 0 aromatic heterocycles. The summed E-state index contributed by atoms with van der Waals surface area (Å²) in [6.07, 6.45) is 0. The average Bonchev–Trinajstić information content (AvgIpc) is 2.48. The second kappa shape index (κ2) is 6.61. The summed E-state index contributed by atoms with van der Waals surface area (Å²) in [6, 6.07) is 10.6. The molecule has 2 aromatic carbocycles. The van der Waals surface area contributed by atoms with Gasteiger partial charge in [-0.2, -0.15) is 0 Å². The molecular formula is C15H15BrFNO2. The first-order chi connectivity index (χ1) is 9.63. The van der Waals surface area contributed by atoms with Gasteiger partial charge in [0.15, 0.2) is 11.5 Å². The Kier molecular flexibility index (Phi) is 4.84. The summed E-state index contributed by atoms with van der Waals surface area (Å²) in [7, 11) is 3.19. The lowest BCUT2D eigenvalue weighted by atomic mass is 10.2. The van der Waals surface area contributed by atoms with E-state index in [0.29, 0.717) is 22.5 Å². The number of anilines is 1. The molecule has 5 heteroatoms. The van der Waals surface area contributed by atoms with Crippen LogP contribution in [0.4, 0.5) is 10.1 Å². The van der Waals surface area contributed by atoms with E-state index in [1.807, 2.05) is 24.3 Å². The first-order valence-electron chi connectivity index (χ1n) is 6.04. The van der Waals surface area contributed by atoms with Crippen molar-refractivity contribution < 1.29 is 13.9 Å². The lowest BCUT2D eigenvalue weighted by molar-refractivity contribution is 0.354. The van der Waals surface area contributed by atoms with Crippen molar-refractivity contribution in [2.24, 2.45) is 0 Å². The molecule has 0 bridgehead atoms. The fourth-order valence-corrected chi connectivity index (χ4v) is 2.05. The molecule has 106 valence electrons. The normalized spacial score (nSPS) is 10.2. The highest BCUT2D eigenvalue weighted by Gasteiger charge is 2.05. The van der Waals surface area contributed by atoms with E-state index in [0.717, 1.165) is 11.3 Å². The summed E-state index contributed by atoms with van der Waals surface area (Å²) in [5.41, 5.74) is 1.74. The summed E-state index contributed by atoms with van der Waals surface area (Å²) in [5, 5.41) is 3.16. The molecule has 0 atom stereocenters. The van der Waals surface area contributed by atoms with E-state index in [1.165, 1.54) is 6.07 Å². The third-order valence-electron chi connectivity index (χ3n) is 2.86. The zero-order valence-corrected chi connectivity index (χ0v) is 12.8. The Balaban J connectivity index is 2.08. The molecule has 0 aliphatic heterocycles. The van der Waals surface area contributed by atoms with Crippen LogP contribution in [0.2, 0.25) is 0 Å². The van der Waals surface area contributed by atoms with Crippen LogP contribution in [0.5, 0.6) is 11.5 Å². The van der Waals surface area contributed by atoms with Gasteiger partial charge in [0.2, 0.25) is 0 Å². The van der Waals surface area contributed by atoms with E-state index < -0.39 is 0 Å². The molecule has 0 radical (unpaired) electrons. The first-order valence-corrected chi connectivity index (χ1v) is 6.83. The monoisotopic (exact) mass is 339 g/mol. The maximum atomic E-state index is 13.4. The lowest BCUT2D eigenvalue weighted by Crippen LogP contribution is -2.01. The molecule has 0 amide bonds. The van der Waals surface area contributed by atoms with Crippen molar-refractivity contribution in [1.82, 2.24) is 0 Å². The molecule has 0 unspecified atom stereocenters. The maximum absolute atomic E-state index is 13.4. The van der Waals surface area contributed by atoms with Crippen LogP contribution in [0.1, 0.15) is 5.56 Å². The fraction of sp³-hybridized carbons (Fsp3) is 0.200. The van der Waals surface area contributed by atoms with Crippen LogP contribution in [0, 0.1) is 5.82 Å². The minimum atomic E-state index is -0.290. The van der Waals surface area contributed by atoms with Gasteiger partial charge in [-0.05, 0) is 51.8 Å². The minimum Gasteiger partial charge on any atom is -0.493 e. The van der Waals surface area contributed by atoms with Crippen LogP contribution >= 0.6 is 15.9 Å². The first kappa shape index (κ1) is 14.7. The number of rotatable bonds is 5. The van der Waals surface area contributed by atoms with Crippen LogP contribution in [0.3, 0.4) is 0 Å². The lowest BCUT2D eigenvalue weighted by Gasteiger charge is -2.11. The van der Waals surface area contributed by atoms with Gasteiger partial charge in [-0.1, -0.05) is 6.07 Å². The van der Waals surface area contributed by atoms with Gasteiger partial charge >= 0.3 is 0 Å². The molecular weight excluding hydrogens is 325 g/mol. The zero-order valence-electron chi connectivity index (χ0n) is 11.2. The van der Waals surface area contributed by atoms with Crippen molar-refractivity contribution >= 4 is 21.6 Å². The van der Waals surface area contributed by atoms with E-state index in [-0.39, 0.29) is 5.82 Å². The summed E-state index contributed by atoms with van der Waals surface area (Å²) in [5.74, 6) is 1.07. The van der Waals surface area contributed by atoms with E-state index in [9.17, 15) is 4.39 Å². The summed E-state index contributed by atoms with van der Waals surface area (Å²) in [4.78, 5) is 0. The van der Waals surface area contributed by atoms with Crippen LogP contribution in [-0.2, 0) is 6.54 Å². The number of nitrogens with one attached hydrogen (secondary N) is 1. The summed E-state index contributed by atoms with van der Waals surface area (Å²) < 4.78 is 24.3. The van der Waals surface area contributed by atoms with Crippen LogP contribution in [0.15, 0.2) is 40.9 Å². The average molecular weight is 340 g/mol. The predicted octanol–water partition coefficient (Wildman–Crippen LogP) is 4.22. The van der Waals surface area contributed by atoms with Crippen molar-refractivity contribution in [3.05, 3.63) is 52.3 Å². The number of halogens is 2. The van der Waals surface area contributed by atoms with Crippen molar-refractivity contribution in [2.45, 2.75) is 6.54 Å². The van der Waals surface area contributed by atoms with Crippen molar-refractivity contribution in [3.63, 3.8) is 0 Å². The maximum Gasteiger partial charge on any atom is 0.161 e. The highest BCUT2D eigenvalue weighted by atomic mass is 79.9. The number of ether oxygens (including phenoxy) is 2. The predicted molar refractivity (Wildman–Crippen MR) is 81.0 cm³/mol. The van der Waals surface area contributed by atoms with Gasteiger partial charge in [-0.25, -0.2) is 4.39 Å². The second-order valence-corrected chi connectivity index (χ2v) is 5.03. The third-order valence-corrected chi connectivity index (χ3v) is 3.51. The molecule has 2 aromatic rings. The standard InChI is InChI=1S/C15H15BrFNO2/c1-19-14-6-3-10(7-15(14)20-2)9-18-11-4-5-12(16)13(17)8-11/h3-8,18H,9H2,1-2H3. The van der Waals surface area contributed by atoms with Gasteiger partial charge < -0.3 is 14.8 Å². The highest BCUT2D eigenvalue weighted by molar-refractivity contribution is 9.10. The van der Waals surface area contributed by atoms with Gasteiger partial charge in [0.05, 0.1) is 18.7 Å². The van der Waals surface area contributed by atoms with Gasteiger partial charge in [-0.3, -0.25) is 0 Å². The minimum absolute atomic E-state index is 0.290. The molecule has 0 aliphatic rings. The molecule has 0 saturated carbocycles. The fourth-order valence-electron chi connectivity index (χ4n) is 1.80. The van der Waals surface area contributed by atoms with Crippen molar-refractivity contribution in [3.8, 4) is 11.5 Å². The van der Waals surface area contributed by atoms with Crippen molar-refractivity contribution in [2.75, 3.05) is 19.5 Å². The molecule has 1 N–H and O–H groups in total. The molecule has 0 aliphatic carbocycles. The van der Waals surface area contributed by atoms with Crippen LogP contribution in [-0.4, -0.2) is 14.2 Å². The van der Waals surface area contributed by atoms with E-state index in [4.69, 9.17) is 9.47 Å². The van der Waals surface area contributed by atoms with Gasteiger partial charge in [0, 0.05) is 12.2 Å². The Bertz CT molecular complexity index is 604. The Labute approximate surface area is 125 Å². The zero-order chi connectivity index (χ0) is 14.5. The number of hydrogen-bond acceptors (Lipinski definition) is 3. The molecule has 0 heterocycles. The van der Waals surface area contributed by atoms with Crippen LogP contribution in [0.25, 0.3) is 0 Å². The smallest absolute Gasteiger partial charge is 0.161 e. The molecule has 3 nitrogen and oxygen atoms in total. The summed E-state index contributed by atoms with van der Waals surface area (Å²) >= 11 is 3.13. The Hall–Kier alpha value is -1.75. The topological polar surface area (TPSA) is 30.5 Å². The number of benzene rings is 2. The number of methoxy groups -OCH3 is 2. The quantitative estimate of drug-likeness (QED) is 0.884. The number of hydrogen-bond donors (Lipinski definition) is 1. The SMILES string of the molecule is COc1ccc(CNc2ccc(Br)c(F)c2)cc1OC. The molecule has 0 fully saturated rings. The van der Waals surface area contributed by atoms with Gasteiger partial charge in [-0.15, -0.1) is 0 Å². The molecule has 0 saturated heterocycles. The third kappa shape index (κ3) is 3.42. The Morgan fingerprint density at radius 1 is 1.05 bits per heavy atom. The van der Waals surface area contributed by atoms with E-state index in [1.54, 1.807) is 20.3 Å². The van der Waals surface area contributed by atoms with E-state index in [2.05, 4.69) is 21.2 Å². The molecule has 0 spiro atoms.